The van der Waals surface area contributed by atoms with Crippen LogP contribution in [-0.2, 0) is 6.54 Å². The Hall–Kier alpha value is -4.19. The summed E-state index contributed by atoms with van der Waals surface area (Å²) in [5.41, 5.74) is 5.07. The number of hydrogen-bond donors (Lipinski definition) is 2. The fourth-order valence-electron chi connectivity index (χ4n) is 3.43. The maximum absolute atomic E-state index is 13.0. The highest BCUT2D eigenvalue weighted by atomic mass is 16.2. The smallest absolute Gasteiger partial charge is 0.259 e. The van der Waals surface area contributed by atoms with Crippen LogP contribution >= 0.6 is 0 Å². The van der Waals surface area contributed by atoms with Crippen molar-refractivity contribution in [3.63, 3.8) is 0 Å². The molecule has 0 radical (unpaired) electrons. The average molecular weight is 425 g/mol. The molecule has 0 aliphatic rings. The molecule has 4 aromatic rings. The van der Waals surface area contributed by atoms with Gasteiger partial charge in [-0.2, -0.15) is 5.10 Å². The highest BCUT2D eigenvalue weighted by molar-refractivity contribution is 6.09. The molecule has 0 saturated carbocycles. The summed E-state index contributed by atoms with van der Waals surface area (Å²) in [6.07, 6.45) is 1.54. The minimum Gasteiger partial charge on any atom is -0.348 e. The van der Waals surface area contributed by atoms with Crippen LogP contribution < -0.4 is 10.6 Å². The van der Waals surface area contributed by atoms with Crippen LogP contribution in [0.25, 0.3) is 5.69 Å². The Labute approximate surface area is 186 Å². The van der Waals surface area contributed by atoms with Gasteiger partial charge in [0, 0.05) is 6.54 Å². The summed E-state index contributed by atoms with van der Waals surface area (Å²) >= 11 is 0. The summed E-state index contributed by atoms with van der Waals surface area (Å²) in [5, 5.41) is 10.1. The molecule has 0 atom stereocenters. The fraction of sp³-hybridized carbons (Fsp3) is 0.115. The molecule has 2 amide bonds. The van der Waals surface area contributed by atoms with Crippen molar-refractivity contribution in [1.82, 2.24) is 15.1 Å². The topological polar surface area (TPSA) is 76.0 Å². The van der Waals surface area contributed by atoms with Crippen LogP contribution in [0.3, 0.4) is 0 Å². The Kier molecular flexibility index (Phi) is 6.12. The van der Waals surface area contributed by atoms with Crippen molar-refractivity contribution in [3.05, 3.63) is 113 Å². The predicted molar refractivity (Wildman–Crippen MR) is 125 cm³/mol. The Bertz CT molecular complexity index is 1240. The quantitative estimate of drug-likeness (QED) is 0.472. The lowest BCUT2D eigenvalue weighted by molar-refractivity contribution is 0.0952. The summed E-state index contributed by atoms with van der Waals surface area (Å²) in [6.45, 7) is 4.27. The van der Waals surface area contributed by atoms with E-state index in [1.807, 2.05) is 68.4 Å². The molecule has 6 heteroatoms. The molecular weight excluding hydrogens is 400 g/mol. The Balaban J connectivity index is 1.49. The molecular formula is C26H24N4O2. The zero-order chi connectivity index (χ0) is 22.5. The fourth-order valence-corrected chi connectivity index (χ4v) is 3.43. The normalized spacial score (nSPS) is 10.6. The molecule has 32 heavy (non-hydrogen) atoms. The van der Waals surface area contributed by atoms with Crippen molar-refractivity contribution < 1.29 is 9.59 Å². The molecule has 1 heterocycles. The SMILES string of the molecule is Cc1ccc(CNC(=O)c2ccccc2NC(=O)c2cnn(-c3ccccc3)c2C)cc1. The number of nitrogens with zero attached hydrogens (tertiary/aromatic N) is 2. The van der Waals surface area contributed by atoms with Crippen molar-refractivity contribution in [1.29, 1.82) is 0 Å². The first-order valence-corrected chi connectivity index (χ1v) is 10.4. The third kappa shape index (κ3) is 4.59. The van der Waals surface area contributed by atoms with Gasteiger partial charge < -0.3 is 10.6 Å². The number of para-hydroxylation sites is 2. The van der Waals surface area contributed by atoms with E-state index in [-0.39, 0.29) is 11.8 Å². The van der Waals surface area contributed by atoms with Gasteiger partial charge in [-0.25, -0.2) is 4.68 Å². The maximum Gasteiger partial charge on any atom is 0.259 e. The molecule has 2 N–H and O–H groups in total. The maximum atomic E-state index is 13.0. The van der Waals surface area contributed by atoms with Crippen LogP contribution in [0.5, 0.6) is 0 Å². The van der Waals surface area contributed by atoms with Gasteiger partial charge in [0.05, 0.1) is 34.4 Å². The van der Waals surface area contributed by atoms with E-state index in [0.717, 1.165) is 16.9 Å². The van der Waals surface area contributed by atoms with Crippen LogP contribution in [0, 0.1) is 13.8 Å². The summed E-state index contributed by atoms with van der Waals surface area (Å²) < 4.78 is 1.72. The van der Waals surface area contributed by atoms with Gasteiger partial charge in [0.1, 0.15) is 0 Å². The number of carbonyl (C=O) groups is 2. The highest BCUT2D eigenvalue weighted by Gasteiger charge is 2.18. The van der Waals surface area contributed by atoms with E-state index in [1.165, 1.54) is 11.8 Å². The molecule has 0 fully saturated rings. The summed E-state index contributed by atoms with van der Waals surface area (Å²) in [7, 11) is 0. The molecule has 4 rings (SSSR count). The van der Waals surface area contributed by atoms with Gasteiger partial charge in [0.25, 0.3) is 11.8 Å². The van der Waals surface area contributed by atoms with Gasteiger partial charge >= 0.3 is 0 Å². The first-order chi connectivity index (χ1) is 15.5. The van der Waals surface area contributed by atoms with E-state index in [9.17, 15) is 9.59 Å². The van der Waals surface area contributed by atoms with Crippen molar-refractivity contribution in [2.24, 2.45) is 0 Å². The molecule has 3 aromatic carbocycles. The van der Waals surface area contributed by atoms with Crippen molar-refractivity contribution >= 4 is 17.5 Å². The lowest BCUT2D eigenvalue weighted by atomic mass is 10.1. The number of benzene rings is 3. The van der Waals surface area contributed by atoms with Crippen LogP contribution in [-0.4, -0.2) is 21.6 Å². The molecule has 1 aromatic heterocycles. The Morgan fingerprint density at radius 2 is 1.50 bits per heavy atom. The lowest BCUT2D eigenvalue weighted by Crippen LogP contribution is -2.25. The zero-order valence-electron chi connectivity index (χ0n) is 18.0. The lowest BCUT2D eigenvalue weighted by Gasteiger charge is -2.12. The van der Waals surface area contributed by atoms with Gasteiger partial charge in [-0.15, -0.1) is 0 Å². The van der Waals surface area contributed by atoms with Crippen LogP contribution in [0.2, 0.25) is 0 Å². The second-order valence-corrected chi connectivity index (χ2v) is 7.56. The number of anilines is 1. The van der Waals surface area contributed by atoms with E-state index < -0.39 is 0 Å². The molecule has 0 bridgehead atoms. The highest BCUT2D eigenvalue weighted by Crippen LogP contribution is 2.19. The van der Waals surface area contributed by atoms with E-state index in [0.29, 0.717) is 23.4 Å². The van der Waals surface area contributed by atoms with E-state index >= 15 is 0 Å². The van der Waals surface area contributed by atoms with Gasteiger partial charge in [0.15, 0.2) is 0 Å². The van der Waals surface area contributed by atoms with Gasteiger partial charge in [-0.1, -0.05) is 60.2 Å². The molecule has 0 unspecified atom stereocenters. The Morgan fingerprint density at radius 1 is 0.812 bits per heavy atom. The molecule has 6 nitrogen and oxygen atoms in total. The first kappa shape index (κ1) is 21.1. The minimum atomic E-state index is -0.316. The molecule has 0 saturated heterocycles. The van der Waals surface area contributed by atoms with E-state index in [1.54, 1.807) is 28.9 Å². The summed E-state index contributed by atoms with van der Waals surface area (Å²) in [6, 6.07) is 24.6. The average Bonchev–Trinajstić information content (AvgIpc) is 3.21. The third-order valence-corrected chi connectivity index (χ3v) is 5.25. The number of carbonyl (C=O) groups excluding carboxylic acids is 2. The van der Waals surface area contributed by atoms with Crippen molar-refractivity contribution in [2.75, 3.05) is 5.32 Å². The van der Waals surface area contributed by atoms with Gasteiger partial charge in [0.2, 0.25) is 0 Å². The zero-order valence-corrected chi connectivity index (χ0v) is 18.0. The van der Waals surface area contributed by atoms with Crippen molar-refractivity contribution in [3.8, 4) is 5.69 Å². The number of amides is 2. The molecule has 0 aliphatic carbocycles. The molecule has 0 aliphatic heterocycles. The monoisotopic (exact) mass is 424 g/mol. The predicted octanol–water partition coefficient (Wildman–Crippen LogP) is 4.67. The minimum absolute atomic E-state index is 0.252. The van der Waals surface area contributed by atoms with E-state index in [2.05, 4.69) is 15.7 Å². The third-order valence-electron chi connectivity index (χ3n) is 5.25. The first-order valence-electron chi connectivity index (χ1n) is 10.4. The standard InChI is InChI=1S/C26H24N4O2/c1-18-12-14-20(15-13-18)16-27-25(31)22-10-6-7-11-24(22)29-26(32)23-17-28-30(19(23)2)21-8-4-3-5-9-21/h3-15,17H,16H2,1-2H3,(H,27,31)(H,29,32). The molecule has 160 valence electrons. The largest absolute Gasteiger partial charge is 0.348 e. The summed E-state index contributed by atoms with van der Waals surface area (Å²) in [5.74, 6) is -0.568. The number of nitrogens with one attached hydrogen (secondary N) is 2. The van der Waals surface area contributed by atoms with Gasteiger partial charge in [-0.05, 0) is 43.7 Å². The second kappa shape index (κ2) is 9.31. The van der Waals surface area contributed by atoms with Crippen LogP contribution in [0.4, 0.5) is 5.69 Å². The Morgan fingerprint density at radius 3 is 2.25 bits per heavy atom. The second-order valence-electron chi connectivity index (χ2n) is 7.56. The van der Waals surface area contributed by atoms with Crippen molar-refractivity contribution in [2.45, 2.75) is 20.4 Å². The van der Waals surface area contributed by atoms with Gasteiger partial charge in [-0.3, -0.25) is 9.59 Å². The number of aryl methyl sites for hydroxylation is 1. The van der Waals surface area contributed by atoms with Crippen LogP contribution in [0.1, 0.15) is 37.5 Å². The molecule has 0 spiro atoms. The number of hydrogen-bond acceptors (Lipinski definition) is 3. The number of rotatable bonds is 6. The summed E-state index contributed by atoms with van der Waals surface area (Å²) in [4.78, 5) is 25.8. The van der Waals surface area contributed by atoms with E-state index in [4.69, 9.17) is 0 Å². The number of aromatic nitrogens is 2. The van der Waals surface area contributed by atoms with Crippen LogP contribution in [0.15, 0.2) is 85.1 Å².